The maximum atomic E-state index is 13.2. The molecule has 1 heterocycles. The molecule has 0 bridgehead atoms. The van der Waals surface area contributed by atoms with Gasteiger partial charge in [0.15, 0.2) is 6.10 Å². The largest absolute Gasteiger partial charge is 0.478 e. The number of hydrogen-bond acceptors (Lipinski definition) is 5. The van der Waals surface area contributed by atoms with Crippen molar-refractivity contribution in [1.82, 2.24) is 0 Å². The molecule has 0 aliphatic carbocycles. The first-order valence-electron chi connectivity index (χ1n) is 6.55. The quantitative estimate of drug-likeness (QED) is 0.371. The lowest BCUT2D eigenvalue weighted by atomic mass is 10.1. The van der Waals surface area contributed by atoms with Crippen molar-refractivity contribution in [3.63, 3.8) is 0 Å². The number of nitro groups is 1. The Morgan fingerprint density at radius 3 is 2.87 bits per heavy atom. The third kappa shape index (κ3) is 3.09. The number of carbonyl (C=O) groups excluding carboxylic acids is 1. The van der Waals surface area contributed by atoms with Crippen LogP contribution >= 0.6 is 11.6 Å². The number of hydrogen-bond donors (Lipinski definition) is 0. The van der Waals surface area contributed by atoms with Gasteiger partial charge >= 0.3 is 11.7 Å². The number of rotatable bonds is 3. The number of halogens is 2. The average Bonchev–Trinajstić information content (AvgIpc) is 2.90. The second-order valence-electron chi connectivity index (χ2n) is 4.85. The topological polar surface area (TPSA) is 78.7 Å². The normalized spacial score (nSPS) is 15.7. The van der Waals surface area contributed by atoms with Crippen molar-refractivity contribution in [3.8, 4) is 11.5 Å². The maximum Gasteiger partial charge on any atom is 0.353 e. The zero-order valence-electron chi connectivity index (χ0n) is 11.5. The number of fused-ring (bicyclic) bond motifs is 1. The van der Waals surface area contributed by atoms with E-state index in [1.807, 2.05) is 0 Å². The highest BCUT2D eigenvalue weighted by Gasteiger charge is 2.32. The molecule has 0 N–H and O–H groups in total. The predicted octanol–water partition coefficient (Wildman–Crippen LogP) is 3.30. The van der Waals surface area contributed by atoms with Crippen molar-refractivity contribution in [2.45, 2.75) is 12.5 Å². The van der Waals surface area contributed by atoms with Gasteiger partial charge in [0.2, 0.25) is 5.75 Å². The summed E-state index contributed by atoms with van der Waals surface area (Å²) in [5.41, 5.74) is 0.228. The van der Waals surface area contributed by atoms with E-state index in [0.717, 1.165) is 23.8 Å². The third-order valence-corrected chi connectivity index (χ3v) is 3.52. The first-order chi connectivity index (χ1) is 10.9. The van der Waals surface area contributed by atoms with Crippen molar-refractivity contribution >= 4 is 23.3 Å². The maximum absolute atomic E-state index is 13.2. The molecule has 0 amide bonds. The van der Waals surface area contributed by atoms with Gasteiger partial charge in [-0.1, -0.05) is 11.6 Å². The van der Waals surface area contributed by atoms with E-state index >= 15 is 0 Å². The summed E-state index contributed by atoms with van der Waals surface area (Å²) < 4.78 is 23.6. The molecule has 1 atom stereocenters. The van der Waals surface area contributed by atoms with Crippen LogP contribution in [0.5, 0.6) is 11.5 Å². The standard InChI is InChI=1S/C15H9ClFNO5/c16-9-1-4-12-8(5-9)6-14(22-12)15(19)23-13-7-10(17)2-3-11(13)18(20)21/h1-5,7,14H,6H2/t14-/m1/s1. The van der Waals surface area contributed by atoms with E-state index in [2.05, 4.69) is 0 Å². The second kappa shape index (κ2) is 5.85. The fourth-order valence-electron chi connectivity index (χ4n) is 2.24. The Kier molecular flexibility index (Phi) is 3.87. The van der Waals surface area contributed by atoms with E-state index in [1.165, 1.54) is 0 Å². The van der Waals surface area contributed by atoms with Crippen LogP contribution in [0.1, 0.15) is 5.56 Å². The minimum absolute atomic E-state index is 0.220. The Bertz CT molecular complexity index is 810. The minimum Gasteiger partial charge on any atom is -0.478 e. The lowest BCUT2D eigenvalue weighted by Crippen LogP contribution is -2.30. The highest BCUT2D eigenvalue weighted by Crippen LogP contribution is 2.33. The van der Waals surface area contributed by atoms with Crippen molar-refractivity contribution in [3.05, 3.63) is 62.9 Å². The van der Waals surface area contributed by atoms with Gasteiger partial charge in [-0.3, -0.25) is 10.1 Å². The van der Waals surface area contributed by atoms with Crippen molar-refractivity contribution in [2.24, 2.45) is 0 Å². The number of nitrogens with zero attached hydrogens (tertiary/aromatic N) is 1. The van der Waals surface area contributed by atoms with Gasteiger partial charge in [0.1, 0.15) is 11.6 Å². The number of carbonyl (C=O) groups is 1. The molecule has 0 unspecified atom stereocenters. The van der Waals surface area contributed by atoms with Crippen LogP contribution in [0, 0.1) is 15.9 Å². The van der Waals surface area contributed by atoms with Crippen LogP contribution in [0.4, 0.5) is 10.1 Å². The van der Waals surface area contributed by atoms with Crippen LogP contribution in [0.15, 0.2) is 36.4 Å². The Labute approximate surface area is 134 Å². The second-order valence-corrected chi connectivity index (χ2v) is 5.29. The number of ether oxygens (including phenoxy) is 2. The molecule has 0 radical (unpaired) electrons. The summed E-state index contributed by atoms with van der Waals surface area (Å²) in [7, 11) is 0. The van der Waals surface area contributed by atoms with E-state index in [-0.39, 0.29) is 6.42 Å². The van der Waals surface area contributed by atoms with Crippen molar-refractivity contribution in [1.29, 1.82) is 0 Å². The lowest BCUT2D eigenvalue weighted by molar-refractivity contribution is -0.385. The Morgan fingerprint density at radius 1 is 1.35 bits per heavy atom. The highest BCUT2D eigenvalue weighted by molar-refractivity contribution is 6.30. The zero-order chi connectivity index (χ0) is 16.6. The first-order valence-corrected chi connectivity index (χ1v) is 6.92. The highest BCUT2D eigenvalue weighted by atomic mass is 35.5. The fraction of sp³-hybridized carbons (Fsp3) is 0.133. The van der Waals surface area contributed by atoms with Crippen molar-refractivity contribution < 1.29 is 23.6 Å². The summed E-state index contributed by atoms with van der Waals surface area (Å²) in [6.07, 6.45) is -0.746. The molecule has 6 nitrogen and oxygen atoms in total. The van der Waals surface area contributed by atoms with Crippen LogP contribution in [-0.2, 0) is 11.2 Å². The Balaban J connectivity index is 1.79. The van der Waals surface area contributed by atoms with E-state index in [0.29, 0.717) is 10.8 Å². The zero-order valence-corrected chi connectivity index (χ0v) is 12.2. The van der Waals surface area contributed by atoms with Crippen LogP contribution in [0.25, 0.3) is 0 Å². The number of benzene rings is 2. The van der Waals surface area contributed by atoms with Crippen LogP contribution in [0.3, 0.4) is 0 Å². The number of nitro benzene ring substituents is 1. The number of esters is 1. The van der Waals surface area contributed by atoms with Crippen LogP contribution in [0.2, 0.25) is 5.02 Å². The van der Waals surface area contributed by atoms with Gasteiger partial charge < -0.3 is 9.47 Å². The Morgan fingerprint density at radius 2 is 2.13 bits per heavy atom. The fourth-order valence-corrected chi connectivity index (χ4v) is 2.44. The summed E-state index contributed by atoms with van der Waals surface area (Å²) in [5, 5.41) is 11.4. The molecule has 0 saturated carbocycles. The lowest BCUT2D eigenvalue weighted by Gasteiger charge is -2.10. The van der Waals surface area contributed by atoms with Crippen molar-refractivity contribution in [2.75, 3.05) is 0 Å². The predicted molar refractivity (Wildman–Crippen MR) is 78.3 cm³/mol. The summed E-state index contributed by atoms with van der Waals surface area (Å²) >= 11 is 5.87. The van der Waals surface area contributed by atoms with E-state index in [4.69, 9.17) is 21.1 Å². The summed E-state index contributed by atoms with van der Waals surface area (Å²) in [6.45, 7) is 0. The Hall–Kier alpha value is -2.67. The van der Waals surface area contributed by atoms with Gasteiger partial charge in [-0.15, -0.1) is 0 Å². The summed E-state index contributed by atoms with van der Waals surface area (Å²) in [5.74, 6) is -1.56. The average molecular weight is 338 g/mol. The smallest absolute Gasteiger partial charge is 0.353 e. The molecule has 0 saturated heterocycles. The van der Waals surface area contributed by atoms with E-state index < -0.39 is 34.3 Å². The van der Waals surface area contributed by atoms with Gasteiger partial charge in [0.05, 0.1) is 4.92 Å². The van der Waals surface area contributed by atoms with E-state index in [9.17, 15) is 19.3 Å². The van der Waals surface area contributed by atoms with Gasteiger partial charge in [0.25, 0.3) is 0 Å². The third-order valence-electron chi connectivity index (χ3n) is 3.29. The molecule has 23 heavy (non-hydrogen) atoms. The molecule has 1 aliphatic rings. The van der Waals surface area contributed by atoms with Crippen LogP contribution in [-0.4, -0.2) is 17.0 Å². The molecular formula is C15H9ClFNO5. The molecule has 2 aromatic carbocycles. The molecule has 0 aromatic heterocycles. The molecule has 0 fully saturated rings. The minimum atomic E-state index is -0.966. The van der Waals surface area contributed by atoms with Gasteiger partial charge in [0, 0.05) is 23.6 Å². The van der Waals surface area contributed by atoms with Gasteiger partial charge in [-0.05, 0) is 29.8 Å². The van der Waals surface area contributed by atoms with Gasteiger partial charge in [-0.2, -0.15) is 0 Å². The molecule has 2 aromatic rings. The summed E-state index contributed by atoms with van der Waals surface area (Å²) in [6, 6.07) is 7.53. The van der Waals surface area contributed by atoms with Crippen LogP contribution < -0.4 is 9.47 Å². The molecule has 1 aliphatic heterocycles. The SMILES string of the molecule is O=C(Oc1cc(F)ccc1[N+](=O)[O-])[C@H]1Cc2cc(Cl)ccc2O1. The molecular weight excluding hydrogens is 329 g/mol. The summed E-state index contributed by atoms with van der Waals surface area (Å²) in [4.78, 5) is 22.3. The molecule has 3 rings (SSSR count). The first kappa shape index (κ1) is 15.2. The molecule has 118 valence electrons. The monoisotopic (exact) mass is 337 g/mol. The van der Waals surface area contributed by atoms with Gasteiger partial charge in [-0.25, -0.2) is 9.18 Å². The van der Waals surface area contributed by atoms with E-state index in [1.54, 1.807) is 18.2 Å². The molecule has 8 heteroatoms. The molecule has 0 spiro atoms.